The number of hydrogen-bond acceptors (Lipinski definition) is 2. The average Bonchev–Trinajstić information content (AvgIpc) is 2.84. The van der Waals surface area contributed by atoms with Crippen LogP contribution in [0, 0.1) is 0 Å². The summed E-state index contributed by atoms with van der Waals surface area (Å²) in [6.07, 6.45) is 4.92. The predicted molar refractivity (Wildman–Crippen MR) is 60.5 cm³/mol. The standard InChI is InChI=1S/C12H18N2O2/c1-8(12(15)16)11-7-10(13-14(11)2)9-5-3-4-6-9/h7-9H,3-6H2,1-2H3,(H,15,16). The zero-order chi connectivity index (χ0) is 11.7. The second-order valence-electron chi connectivity index (χ2n) is 4.66. The summed E-state index contributed by atoms with van der Waals surface area (Å²) in [5, 5.41) is 13.4. The van der Waals surface area contributed by atoms with Crippen LogP contribution in [0.2, 0.25) is 0 Å². The van der Waals surface area contributed by atoms with Gasteiger partial charge in [0, 0.05) is 13.0 Å². The lowest BCUT2D eigenvalue weighted by molar-refractivity contribution is -0.138. The maximum absolute atomic E-state index is 10.9. The molecule has 0 aromatic carbocycles. The van der Waals surface area contributed by atoms with E-state index in [9.17, 15) is 4.79 Å². The van der Waals surface area contributed by atoms with Crippen LogP contribution in [-0.4, -0.2) is 20.9 Å². The van der Waals surface area contributed by atoms with Crippen molar-refractivity contribution in [1.29, 1.82) is 0 Å². The molecule has 1 unspecified atom stereocenters. The van der Waals surface area contributed by atoms with E-state index in [2.05, 4.69) is 5.10 Å². The molecule has 0 bridgehead atoms. The Morgan fingerprint density at radius 2 is 2.19 bits per heavy atom. The molecule has 1 fully saturated rings. The van der Waals surface area contributed by atoms with Crippen molar-refractivity contribution in [3.63, 3.8) is 0 Å². The number of rotatable bonds is 3. The van der Waals surface area contributed by atoms with E-state index < -0.39 is 11.9 Å². The second kappa shape index (κ2) is 4.28. The molecular weight excluding hydrogens is 204 g/mol. The lowest BCUT2D eigenvalue weighted by Crippen LogP contribution is -2.11. The average molecular weight is 222 g/mol. The van der Waals surface area contributed by atoms with E-state index in [-0.39, 0.29) is 0 Å². The fourth-order valence-corrected chi connectivity index (χ4v) is 2.46. The molecule has 1 N–H and O–H groups in total. The van der Waals surface area contributed by atoms with E-state index in [0.717, 1.165) is 11.4 Å². The molecule has 1 atom stereocenters. The molecule has 4 nitrogen and oxygen atoms in total. The van der Waals surface area contributed by atoms with Crippen molar-refractivity contribution in [2.45, 2.75) is 44.4 Å². The van der Waals surface area contributed by atoms with Gasteiger partial charge in [0.1, 0.15) is 0 Å². The van der Waals surface area contributed by atoms with Gasteiger partial charge < -0.3 is 5.11 Å². The van der Waals surface area contributed by atoms with Gasteiger partial charge in [0.05, 0.1) is 17.3 Å². The van der Waals surface area contributed by atoms with Crippen LogP contribution in [0.5, 0.6) is 0 Å². The first-order valence-electron chi connectivity index (χ1n) is 5.86. The van der Waals surface area contributed by atoms with Crippen LogP contribution in [-0.2, 0) is 11.8 Å². The van der Waals surface area contributed by atoms with Crippen LogP contribution in [0.3, 0.4) is 0 Å². The minimum Gasteiger partial charge on any atom is -0.481 e. The summed E-state index contributed by atoms with van der Waals surface area (Å²) in [6, 6.07) is 1.97. The Labute approximate surface area is 95.3 Å². The zero-order valence-corrected chi connectivity index (χ0v) is 9.81. The summed E-state index contributed by atoms with van der Waals surface area (Å²) in [6.45, 7) is 1.71. The fourth-order valence-electron chi connectivity index (χ4n) is 2.46. The second-order valence-corrected chi connectivity index (χ2v) is 4.66. The van der Waals surface area contributed by atoms with Crippen LogP contribution in [0.1, 0.15) is 55.8 Å². The minimum absolute atomic E-state index is 0.479. The van der Waals surface area contributed by atoms with Crippen molar-refractivity contribution < 1.29 is 9.90 Å². The number of aliphatic carboxylic acids is 1. The van der Waals surface area contributed by atoms with E-state index in [0.29, 0.717) is 5.92 Å². The van der Waals surface area contributed by atoms with Crippen molar-refractivity contribution in [3.05, 3.63) is 17.5 Å². The van der Waals surface area contributed by atoms with Gasteiger partial charge in [-0.05, 0) is 25.8 Å². The summed E-state index contributed by atoms with van der Waals surface area (Å²) in [4.78, 5) is 10.9. The zero-order valence-electron chi connectivity index (χ0n) is 9.81. The van der Waals surface area contributed by atoms with Gasteiger partial charge in [0.15, 0.2) is 0 Å². The monoisotopic (exact) mass is 222 g/mol. The molecule has 16 heavy (non-hydrogen) atoms. The first-order valence-corrected chi connectivity index (χ1v) is 5.86. The largest absolute Gasteiger partial charge is 0.481 e. The third-order valence-corrected chi connectivity index (χ3v) is 3.52. The van der Waals surface area contributed by atoms with E-state index in [1.807, 2.05) is 13.1 Å². The van der Waals surface area contributed by atoms with Crippen LogP contribution in [0.25, 0.3) is 0 Å². The van der Waals surface area contributed by atoms with Crippen LogP contribution < -0.4 is 0 Å². The smallest absolute Gasteiger partial charge is 0.312 e. The maximum atomic E-state index is 10.9. The summed E-state index contributed by atoms with van der Waals surface area (Å²) in [5.41, 5.74) is 1.87. The number of carboxylic acid groups (broad SMARTS) is 1. The van der Waals surface area contributed by atoms with Crippen molar-refractivity contribution in [1.82, 2.24) is 9.78 Å². The maximum Gasteiger partial charge on any atom is 0.312 e. The molecule has 1 aromatic heterocycles. The summed E-state index contributed by atoms with van der Waals surface area (Å²) in [7, 11) is 1.83. The third kappa shape index (κ3) is 1.96. The third-order valence-electron chi connectivity index (χ3n) is 3.52. The highest BCUT2D eigenvalue weighted by molar-refractivity contribution is 5.74. The highest BCUT2D eigenvalue weighted by Gasteiger charge is 2.24. The van der Waals surface area contributed by atoms with Crippen molar-refractivity contribution in [3.8, 4) is 0 Å². The van der Waals surface area contributed by atoms with E-state index in [1.54, 1.807) is 11.6 Å². The highest BCUT2D eigenvalue weighted by atomic mass is 16.4. The molecule has 1 aliphatic rings. The van der Waals surface area contributed by atoms with E-state index in [1.165, 1.54) is 25.7 Å². The Balaban J connectivity index is 2.24. The van der Waals surface area contributed by atoms with Gasteiger partial charge in [-0.3, -0.25) is 9.48 Å². The van der Waals surface area contributed by atoms with Gasteiger partial charge in [-0.15, -0.1) is 0 Å². The van der Waals surface area contributed by atoms with Gasteiger partial charge in [-0.2, -0.15) is 5.10 Å². The number of hydrogen-bond donors (Lipinski definition) is 1. The quantitative estimate of drug-likeness (QED) is 0.853. The van der Waals surface area contributed by atoms with Gasteiger partial charge >= 0.3 is 5.97 Å². The Hall–Kier alpha value is -1.32. The van der Waals surface area contributed by atoms with Gasteiger partial charge in [-0.25, -0.2) is 0 Å². The molecule has 0 spiro atoms. The molecule has 0 amide bonds. The van der Waals surface area contributed by atoms with Crippen molar-refractivity contribution in [2.75, 3.05) is 0 Å². The molecule has 1 aromatic rings. The Morgan fingerprint density at radius 3 is 2.75 bits per heavy atom. The Morgan fingerprint density at radius 1 is 1.56 bits per heavy atom. The Kier molecular flexibility index (Phi) is 2.99. The number of aromatic nitrogens is 2. The number of carboxylic acids is 1. The number of carbonyl (C=O) groups is 1. The molecule has 88 valence electrons. The van der Waals surface area contributed by atoms with Gasteiger partial charge in [0.25, 0.3) is 0 Å². The fraction of sp³-hybridized carbons (Fsp3) is 0.667. The predicted octanol–water partition coefficient (Wildman–Crippen LogP) is 2.27. The number of aryl methyl sites for hydroxylation is 1. The van der Waals surface area contributed by atoms with E-state index in [4.69, 9.17) is 5.11 Å². The van der Waals surface area contributed by atoms with Crippen LogP contribution in [0.4, 0.5) is 0 Å². The Bertz CT molecular complexity index is 392. The number of nitrogens with zero attached hydrogens (tertiary/aromatic N) is 2. The molecule has 4 heteroatoms. The molecule has 2 rings (SSSR count). The normalized spacial score (nSPS) is 18.9. The first-order chi connectivity index (χ1) is 7.59. The van der Waals surface area contributed by atoms with Crippen LogP contribution >= 0.6 is 0 Å². The summed E-state index contributed by atoms with van der Waals surface area (Å²) >= 11 is 0. The molecule has 0 saturated heterocycles. The molecular formula is C12H18N2O2. The molecule has 1 aliphatic carbocycles. The van der Waals surface area contributed by atoms with Crippen molar-refractivity contribution >= 4 is 5.97 Å². The summed E-state index contributed by atoms with van der Waals surface area (Å²) < 4.78 is 1.71. The lowest BCUT2D eigenvalue weighted by atomic mass is 10.0. The molecule has 1 heterocycles. The van der Waals surface area contributed by atoms with Gasteiger partial charge in [-0.1, -0.05) is 12.8 Å². The van der Waals surface area contributed by atoms with E-state index >= 15 is 0 Å². The topological polar surface area (TPSA) is 55.1 Å². The minimum atomic E-state index is -0.791. The molecule has 0 aliphatic heterocycles. The molecule has 0 radical (unpaired) electrons. The van der Waals surface area contributed by atoms with Gasteiger partial charge in [0.2, 0.25) is 0 Å². The summed E-state index contributed by atoms with van der Waals surface area (Å²) in [5.74, 6) is -0.727. The first kappa shape index (κ1) is 11.2. The van der Waals surface area contributed by atoms with Crippen LogP contribution in [0.15, 0.2) is 6.07 Å². The van der Waals surface area contributed by atoms with Crippen molar-refractivity contribution in [2.24, 2.45) is 7.05 Å². The SMILES string of the molecule is CC(C(=O)O)c1cc(C2CCCC2)nn1C. The lowest BCUT2D eigenvalue weighted by Gasteiger charge is -2.04. The highest BCUT2D eigenvalue weighted by Crippen LogP contribution is 2.34. The molecule has 1 saturated carbocycles.